The average molecular weight is 439 g/mol. The third-order valence-corrected chi connectivity index (χ3v) is 6.63. The topological polar surface area (TPSA) is 42.3 Å². The Kier molecular flexibility index (Phi) is 6.89. The molecule has 1 aliphatic heterocycles. The molecule has 3 aromatic rings. The number of fused-ring (bicyclic) bond motifs is 1. The zero-order valence-electron chi connectivity index (χ0n) is 19.1. The molecule has 0 saturated carbocycles. The number of anilines is 1. The van der Waals surface area contributed by atoms with Gasteiger partial charge in [-0.15, -0.1) is 0 Å². The van der Waals surface area contributed by atoms with Crippen molar-refractivity contribution < 1.29 is 4.74 Å². The van der Waals surface area contributed by atoms with Gasteiger partial charge in [0.2, 0.25) is 0 Å². The minimum atomic E-state index is 0.00222. The first-order valence-corrected chi connectivity index (χ1v) is 11.9. The first-order chi connectivity index (χ1) is 14.9. The normalized spacial score (nSPS) is 15.5. The van der Waals surface area contributed by atoms with Crippen molar-refractivity contribution in [3.05, 3.63) is 59.9 Å². The smallest absolute Gasteiger partial charge is 0.115 e. The molecule has 166 valence electrons. The largest absolute Gasteiger partial charge is 0.381 e. The predicted molar refractivity (Wildman–Crippen MR) is 131 cm³/mol. The van der Waals surface area contributed by atoms with Crippen LogP contribution in [0.2, 0.25) is 0 Å². The van der Waals surface area contributed by atoms with Gasteiger partial charge in [0.1, 0.15) is 5.82 Å². The van der Waals surface area contributed by atoms with Gasteiger partial charge in [-0.3, -0.25) is 0 Å². The Bertz CT molecular complexity index is 990. The summed E-state index contributed by atoms with van der Waals surface area (Å²) < 4.78 is 13.6. The van der Waals surface area contributed by atoms with Gasteiger partial charge in [-0.2, -0.15) is 0 Å². The fourth-order valence-corrected chi connectivity index (χ4v) is 4.76. The molecule has 0 aliphatic carbocycles. The molecule has 1 N–H and O–H groups in total. The van der Waals surface area contributed by atoms with E-state index in [0.29, 0.717) is 5.92 Å². The number of benzene rings is 2. The Morgan fingerprint density at radius 2 is 1.87 bits per heavy atom. The predicted octanol–water partition coefficient (Wildman–Crippen LogP) is 5.55. The van der Waals surface area contributed by atoms with Gasteiger partial charge in [0.25, 0.3) is 0 Å². The summed E-state index contributed by atoms with van der Waals surface area (Å²) in [6.45, 7) is 10.4. The molecule has 1 fully saturated rings. The Balaban J connectivity index is 1.52. The van der Waals surface area contributed by atoms with Gasteiger partial charge in [-0.25, -0.2) is 9.71 Å². The maximum atomic E-state index is 5.57. The summed E-state index contributed by atoms with van der Waals surface area (Å²) in [5.74, 6) is 1.83. The number of hydrogen-bond donors (Lipinski definition) is 1. The van der Waals surface area contributed by atoms with Crippen molar-refractivity contribution in [3.8, 4) is 0 Å². The molecule has 2 heterocycles. The molecule has 6 heteroatoms. The molecular weight excluding hydrogens is 404 g/mol. The molecule has 0 unspecified atom stereocenters. The van der Waals surface area contributed by atoms with Crippen LogP contribution in [0.15, 0.2) is 48.5 Å². The summed E-state index contributed by atoms with van der Waals surface area (Å²) >= 11 is 1.61. The number of ether oxygens (including phenoxy) is 1. The van der Waals surface area contributed by atoms with Gasteiger partial charge >= 0.3 is 0 Å². The summed E-state index contributed by atoms with van der Waals surface area (Å²) in [7, 11) is 2.09. The van der Waals surface area contributed by atoms with Gasteiger partial charge in [0.15, 0.2) is 0 Å². The second-order valence-electron chi connectivity index (χ2n) is 9.42. The van der Waals surface area contributed by atoms with Crippen LogP contribution in [-0.2, 0) is 23.2 Å². The van der Waals surface area contributed by atoms with Crippen molar-refractivity contribution in [1.82, 2.24) is 14.3 Å². The lowest BCUT2D eigenvalue weighted by atomic mass is 9.94. The van der Waals surface area contributed by atoms with Crippen LogP contribution in [-0.4, -0.2) is 29.8 Å². The fourth-order valence-electron chi connectivity index (χ4n) is 4.12. The van der Waals surface area contributed by atoms with Crippen LogP contribution in [0.3, 0.4) is 0 Å². The van der Waals surface area contributed by atoms with Crippen LogP contribution in [0.4, 0.5) is 5.69 Å². The second kappa shape index (κ2) is 9.63. The minimum absolute atomic E-state index is 0.00222. The Hall–Kier alpha value is -2.02. The molecule has 4 rings (SSSR count). The highest BCUT2D eigenvalue weighted by Crippen LogP contribution is 2.31. The quantitative estimate of drug-likeness (QED) is 0.490. The van der Waals surface area contributed by atoms with Gasteiger partial charge < -0.3 is 13.6 Å². The molecule has 1 aliphatic rings. The summed E-state index contributed by atoms with van der Waals surface area (Å²) in [6.07, 6.45) is 2.27. The van der Waals surface area contributed by atoms with Crippen molar-refractivity contribution in [2.24, 2.45) is 5.92 Å². The summed E-state index contributed by atoms with van der Waals surface area (Å²) in [4.78, 5) is 5.10. The van der Waals surface area contributed by atoms with Gasteiger partial charge in [0.05, 0.1) is 16.7 Å². The van der Waals surface area contributed by atoms with Crippen molar-refractivity contribution in [3.63, 3.8) is 0 Å². The van der Waals surface area contributed by atoms with Crippen LogP contribution in [0.25, 0.3) is 11.0 Å². The van der Waals surface area contributed by atoms with Crippen molar-refractivity contribution in [2.75, 3.05) is 24.6 Å². The Morgan fingerprint density at radius 3 is 2.58 bits per heavy atom. The Morgan fingerprint density at radius 1 is 1.13 bits per heavy atom. The SMILES string of the molecule is CN(SNCc1ccccc1)c1ccc2c(c1)nc(C(C)(C)C)n2CC1CCOCC1. The average Bonchev–Trinajstić information content (AvgIpc) is 3.13. The molecule has 2 aromatic carbocycles. The lowest BCUT2D eigenvalue weighted by Crippen LogP contribution is -2.25. The third-order valence-electron chi connectivity index (χ3n) is 5.87. The number of hydrogen-bond acceptors (Lipinski definition) is 5. The highest BCUT2D eigenvalue weighted by atomic mass is 32.2. The van der Waals surface area contributed by atoms with E-state index in [-0.39, 0.29) is 5.41 Å². The zero-order valence-corrected chi connectivity index (χ0v) is 19.9. The molecule has 31 heavy (non-hydrogen) atoms. The number of nitrogens with one attached hydrogen (secondary N) is 1. The van der Waals surface area contributed by atoms with Gasteiger partial charge in [-0.05, 0) is 42.5 Å². The van der Waals surface area contributed by atoms with Crippen molar-refractivity contribution >= 4 is 28.9 Å². The summed E-state index contributed by atoms with van der Waals surface area (Å²) in [5.41, 5.74) is 4.73. The lowest BCUT2D eigenvalue weighted by molar-refractivity contribution is 0.0611. The first-order valence-electron chi connectivity index (χ1n) is 11.2. The van der Waals surface area contributed by atoms with Crippen molar-refractivity contribution in [1.29, 1.82) is 0 Å². The lowest BCUT2D eigenvalue weighted by Gasteiger charge is -2.26. The first kappa shape index (κ1) is 22.2. The maximum Gasteiger partial charge on any atom is 0.115 e. The second-order valence-corrected chi connectivity index (χ2v) is 10.4. The molecule has 0 atom stereocenters. The van der Waals surface area contributed by atoms with E-state index in [1.54, 1.807) is 12.1 Å². The monoisotopic (exact) mass is 438 g/mol. The minimum Gasteiger partial charge on any atom is -0.381 e. The van der Waals surface area contributed by atoms with Crippen LogP contribution in [0, 0.1) is 5.92 Å². The van der Waals surface area contributed by atoms with Crippen LogP contribution in [0.1, 0.15) is 45.0 Å². The highest BCUT2D eigenvalue weighted by Gasteiger charge is 2.25. The third kappa shape index (κ3) is 5.43. The van der Waals surface area contributed by atoms with Gasteiger partial charge in [-0.1, -0.05) is 51.1 Å². The molecule has 5 nitrogen and oxygen atoms in total. The van der Waals surface area contributed by atoms with E-state index in [1.807, 2.05) is 6.07 Å². The molecule has 0 bridgehead atoms. The molecule has 0 radical (unpaired) electrons. The number of rotatable bonds is 7. The van der Waals surface area contributed by atoms with E-state index in [4.69, 9.17) is 9.72 Å². The summed E-state index contributed by atoms with van der Waals surface area (Å²) in [5, 5.41) is 0. The highest BCUT2D eigenvalue weighted by molar-refractivity contribution is 7.98. The molecule has 1 saturated heterocycles. The standard InChI is InChI=1S/C25H34N4OS/c1-25(2,3)24-27-22-16-21(28(4)31-26-17-19-8-6-5-7-9-19)10-11-23(22)29(24)18-20-12-14-30-15-13-20/h5-11,16,20,26H,12-15,17-18H2,1-4H3. The fraction of sp³-hybridized carbons (Fsp3) is 0.480. The number of aromatic nitrogens is 2. The molecule has 0 spiro atoms. The maximum absolute atomic E-state index is 5.57. The van der Waals surface area contributed by atoms with Crippen molar-refractivity contribution in [2.45, 2.75) is 52.1 Å². The van der Waals surface area contributed by atoms with Crippen LogP contribution < -0.4 is 9.03 Å². The van der Waals surface area contributed by atoms with E-state index >= 15 is 0 Å². The van der Waals surface area contributed by atoms with E-state index in [0.717, 1.165) is 50.3 Å². The van der Waals surface area contributed by atoms with Gasteiger partial charge in [0, 0.05) is 50.9 Å². The molecule has 0 amide bonds. The summed E-state index contributed by atoms with van der Waals surface area (Å²) in [6, 6.07) is 17.1. The van der Waals surface area contributed by atoms with E-state index < -0.39 is 0 Å². The van der Waals surface area contributed by atoms with Crippen LogP contribution >= 0.6 is 12.1 Å². The molecular formula is C25H34N4OS. The van der Waals surface area contributed by atoms with Crippen LogP contribution in [0.5, 0.6) is 0 Å². The Labute approximate surface area is 190 Å². The zero-order chi connectivity index (χ0) is 21.8. The molecule has 1 aromatic heterocycles. The van der Waals surface area contributed by atoms with E-state index in [9.17, 15) is 0 Å². The number of imidazole rings is 1. The van der Waals surface area contributed by atoms with E-state index in [2.05, 4.69) is 83.9 Å². The number of nitrogens with zero attached hydrogens (tertiary/aromatic N) is 3. The van der Waals surface area contributed by atoms with E-state index in [1.165, 1.54) is 16.9 Å².